The van der Waals surface area contributed by atoms with Crippen LogP contribution in [0, 0.1) is 5.82 Å². The number of methoxy groups -OCH3 is 1. The number of sulfonamides is 2. The third-order valence-corrected chi connectivity index (χ3v) is 7.25. The van der Waals surface area contributed by atoms with Crippen LogP contribution in [0.25, 0.3) is 0 Å². The Morgan fingerprint density at radius 1 is 0.767 bits per heavy atom. The van der Waals surface area contributed by atoms with Gasteiger partial charge in [-0.25, -0.2) is 21.2 Å². The Hall–Kier alpha value is -2.63. The minimum Gasteiger partial charge on any atom is -0.494 e. The van der Waals surface area contributed by atoms with Crippen molar-refractivity contribution < 1.29 is 26.0 Å². The molecule has 0 saturated heterocycles. The Morgan fingerprint density at radius 3 is 1.73 bits per heavy atom. The molecule has 0 aliphatic rings. The second-order valence-electron chi connectivity index (χ2n) is 6.04. The molecule has 0 atom stereocenters. The van der Waals surface area contributed by atoms with Crippen LogP contribution in [0.15, 0.2) is 81.0 Å². The molecular weight excluding hydrogens is 499 g/mol. The van der Waals surface area contributed by atoms with Gasteiger partial charge in [0.15, 0.2) is 11.6 Å². The summed E-state index contributed by atoms with van der Waals surface area (Å²) in [4.78, 5) is -0.349. The SMILES string of the molecule is COc1ccc(S(=O)(=O)Nc2ccc(S(=O)(=O)Nc3ccc(Br)cc3)cc2)cc1F. The molecule has 11 heteroatoms. The second kappa shape index (κ2) is 8.62. The molecule has 0 aliphatic heterocycles. The van der Waals surface area contributed by atoms with E-state index in [0.29, 0.717) is 5.69 Å². The molecule has 30 heavy (non-hydrogen) atoms. The van der Waals surface area contributed by atoms with Gasteiger partial charge in [0.25, 0.3) is 20.0 Å². The summed E-state index contributed by atoms with van der Waals surface area (Å²) in [5, 5.41) is 0. The average Bonchev–Trinajstić information content (AvgIpc) is 2.69. The number of hydrogen-bond donors (Lipinski definition) is 2. The molecule has 3 aromatic carbocycles. The van der Waals surface area contributed by atoms with Crippen LogP contribution < -0.4 is 14.2 Å². The lowest BCUT2D eigenvalue weighted by Gasteiger charge is -2.11. The lowest BCUT2D eigenvalue weighted by molar-refractivity contribution is 0.385. The van der Waals surface area contributed by atoms with Crippen molar-refractivity contribution in [3.63, 3.8) is 0 Å². The molecule has 0 aliphatic carbocycles. The van der Waals surface area contributed by atoms with Crippen molar-refractivity contribution in [1.29, 1.82) is 0 Å². The lowest BCUT2D eigenvalue weighted by atomic mass is 10.3. The number of rotatable bonds is 7. The van der Waals surface area contributed by atoms with Crippen molar-refractivity contribution in [2.45, 2.75) is 9.79 Å². The molecule has 7 nitrogen and oxygen atoms in total. The first-order chi connectivity index (χ1) is 14.1. The zero-order valence-corrected chi connectivity index (χ0v) is 18.7. The van der Waals surface area contributed by atoms with Crippen molar-refractivity contribution in [3.05, 3.63) is 77.0 Å². The second-order valence-corrected chi connectivity index (χ2v) is 10.3. The third kappa shape index (κ3) is 5.10. The molecule has 158 valence electrons. The number of nitrogens with one attached hydrogen (secondary N) is 2. The first-order valence-electron chi connectivity index (χ1n) is 8.35. The zero-order chi connectivity index (χ0) is 21.9. The van der Waals surface area contributed by atoms with Crippen LogP contribution in [0.2, 0.25) is 0 Å². The fourth-order valence-corrected chi connectivity index (χ4v) is 4.86. The van der Waals surface area contributed by atoms with Crippen molar-refractivity contribution in [1.82, 2.24) is 0 Å². The van der Waals surface area contributed by atoms with E-state index in [-0.39, 0.29) is 21.2 Å². The number of ether oxygens (including phenoxy) is 1. The van der Waals surface area contributed by atoms with E-state index in [1.807, 2.05) is 0 Å². The van der Waals surface area contributed by atoms with Gasteiger partial charge in [0.2, 0.25) is 0 Å². The lowest BCUT2D eigenvalue weighted by Crippen LogP contribution is -2.15. The molecule has 0 fully saturated rings. The van der Waals surface area contributed by atoms with Gasteiger partial charge in [-0.1, -0.05) is 15.9 Å². The smallest absolute Gasteiger partial charge is 0.262 e. The van der Waals surface area contributed by atoms with Gasteiger partial charge in [0, 0.05) is 15.8 Å². The van der Waals surface area contributed by atoms with Crippen LogP contribution in [-0.2, 0) is 20.0 Å². The molecule has 3 rings (SSSR count). The van der Waals surface area contributed by atoms with E-state index >= 15 is 0 Å². The standard InChI is InChI=1S/C19H16BrFN2O5S2/c1-28-19-11-10-17(12-18(19)21)30(26,27)23-15-6-8-16(9-7-15)29(24,25)22-14-4-2-13(20)3-5-14/h2-12,22-23H,1H3. The van der Waals surface area contributed by atoms with E-state index < -0.39 is 25.9 Å². The van der Waals surface area contributed by atoms with E-state index in [4.69, 9.17) is 4.74 Å². The summed E-state index contributed by atoms with van der Waals surface area (Å²) in [7, 11) is -6.67. The summed E-state index contributed by atoms with van der Waals surface area (Å²) >= 11 is 3.27. The van der Waals surface area contributed by atoms with Gasteiger partial charge in [0.1, 0.15) is 0 Å². The normalized spacial score (nSPS) is 11.7. The summed E-state index contributed by atoms with van der Waals surface area (Å²) in [5.74, 6) is -0.900. The molecule has 0 radical (unpaired) electrons. The summed E-state index contributed by atoms with van der Waals surface area (Å²) in [5.41, 5.74) is 0.498. The highest BCUT2D eigenvalue weighted by Crippen LogP contribution is 2.24. The number of benzene rings is 3. The Bertz CT molecular complexity index is 1260. The van der Waals surface area contributed by atoms with Crippen LogP contribution in [0.5, 0.6) is 5.75 Å². The van der Waals surface area contributed by atoms with Crippen molar-refractivity contribution in [2.24, 2.45) is 0 Å². The van der Waals surface area contributed by atoms with E-state index in [9.17, 15) is 21.2 Å². The minimum atomic E-state index is -4.08. The summed E-state index contributed by atoms with van der Waals surface area (Å²) in [6.07, 6.45) is 0. The van der Waals surface area contributed by atoms with E-state index in [0.717, 1.165) is 10.5 Å². The van der Waals surface area contributed by atoms with Crippen LogP contribution in [0.3, 0.4) is 0 Å². The van der Waals surface area contributed by atoms with Gasteiger partial charge >= 0.3 is 0 Å². The van der Waals surface area contributed by atoms with Crippen LogP contribution >= 0.6 is 15.9 Å². The topological polar surface area (TPSA) is 102 Å². The predicted octanol–water partition coefficient (Wildman–Crippen LogP) is 4.20. The quantitative estimate of drug-likeness (QED) is 0.491. The van der Waals surface area contributed by atoms with Gasteiger partial charge in [-0.15, -0.1) is 0 Å². The van der Waals surface area contributed by atoms with Gasteiger partial charge in [-0.3, -0.25) is 9.44 Å². The Kier molecular flexibility index (Phi) is 6.34. The number of anilines is 2. The number of hydrogen-bond acceptors (Lipinski definition) is 5. The molecule has 0 saturated carbocycles. The zero-order valence-electron chi connectivity index (χ0n) is 15.5. The molecule has 0 unspecified atom stereocenters. The maximum Gasteiger partial charge on any atom is 0.262 e. The largest absolute Gasteiger partial charge is 0.494 e. The Labute approximate surface area is 182 Å². The Balaban J connectivity index is 1.78. The monoisotopic (exact) mass is 514 g/mol. The summed E-state index contributed by atoms with van der Waals surface area (Å²) < 4.78 is 74.0. The first-order valence-corrected chi connectivity index (χ1v) is 12.1. The third-order valence-electron chi connectivity index (χ3n) is 3.95. The Morgan fingerprint density at radius 2 is 1.23 bits per heavy atom. The van der Waals surface area contributed by atoms with Gasteiger partial charge < -0.3 is 4.74 Å². The summed E-state index contributed by atoms with van der Waals surface area (Å²) in [6.45, 7) is 0. The molecule has 0 spiro atoms. The molecule has 3 aromatic rings. The molecular formula is C19H16BrFN2O5S2. The molecule has 0 amide bonds. The fourth-order valence-electron chi connectivity index (χ4n) is 2.46. The number of halogens is 2. The highest BCUT2D eigenvalue weighted by molar-refractivity contribution is 9.10. The maximum atomic E-state index is 13.8. The molecule has 0 aromatic heterocycles. The van der Waals surface area contributed by atoms with Crippen LogP contribution in [0.1, 0.15) is 0 Å². The fraction of sp³-hybridized carbons (Fsp3) is 0.0526. The highest BCUT2D eigenvalue weighted by Gasteiger charge is 2.18. The van der Waals surface area contributed by atoms with E-state index in [1.165, 1.54) is 43.5 Å². The van der Waals surface area contributed by atoms with Crippen molar-refractivity contribution in [3.8, 4) is 5.75 Å². The van der Waals surface area contributed by atoms with E-state index in [1.54, 1.807) is 24.3 Å². The molecule has 2 N–H and O–H groups in total. The average molecular weight is 515 g/mol. The van der Waals surface area contributed by atoms with Gasteiger partial charge in [-0.2, -0.15) is 0 Å². The maximum absolute atomic E-state index is 13.8. The minimum absolute atomic E-state index is 0.0520. The van der Waals surface area contributed by atoms with E-state index in [2.05, 4.69) is 25.4 Å². The van der Waals surface area contributed by atoms with Crippen LogP contribution in [0.4, 0.5) is 15.8 Å². The predicted molar refractivity (Wildman–Crippen MR) is 115 cm³/mol. The van der Waals surface area contributed by atoms with Gasteiger partial charge in [0.05, 0.1) is 16.9 Å². The molecule has 0 bridgehead atoms. The molecule has 0 heterocycles. The van der Waals surface area contributed by atoms with Crippen molar-refractivity contribution >= 4 is 47.4 Å². The highest BCUT2D eigenvalue weighted by atomic mass is 79.9. The van der Waals surface area contributed by atoms with Crippen LogP contribution in [-0.4, -0.2) is 23.9 Å². The first kappa shape index (κ1) is 22.1. The van der Waals surface area contributed by atoms with Gasteiger partial charge in [-0.05, 0) is 66.7 Å². The summed E-state index contributed by atoms with van der Waals surface area (Å²) in [6, 6.07) is 14.9. The van der Waals surface area contributed by atoms with Crippen molar-refractivity contribution in [2.75, 3.05) is 16.6 Å².